The van der Waals surface area contributed by atoms with Gasteiger partial charge in [-0.25, -0.2) is 24.4 Å². The van der Waals surface area contributed by atoms with Gasteiger partial charge in [0.1, 0.15) is 22.8 Å². The SMILES string of the molecule is CC(C)(ON=C(C(=O)N[C@@H]1C(=O)N2C(C(=O)O)=C(CSc3nc(C(=O)O)c(-c4ccc(O)c(O)c4)s3)CS[C@H]12)c1csc(N)n1)C(=O)O. The second kappa shape index (κ2) is 13.3. The molecule has 1 fully saturated rings. The van der Waals surface area contributed by atoms with Gasteiger partial charge in [-0.2, -0.15) is 0 Å². The number of nitrogen functional groups attached to an aromatic ring is 1. The van der Waals surface area contributed by atoms with Crippen molar-refractivity contribution in [3.63, 3.8) is 0 Å². The minimum Gasteiger partial charge on any atom is -0.504 e. The van der Waals surface area contributed by atoms with Crippen molar-refractivity contribution >= 4 is 86.8 Å². The van der Waals surface area contributed by atoms with Crippen LogP contribution in [0.1, 0.15) is 30.0 Å². The Hall–Kier alpha value is -4.86. The van der Waals surface area contributed by atoms with E-state index in [1.165, 1.54) is 49.2 Å². The number of thioether (sulfide) groups is 2. The number of carboxylic acid groups (broad SMARTS) is 3. The third-order valence-corrected chi connectivity index (χ3v) is 11.2. The van der Waals surface area contributed by atoms with Crippen LogP contribution < -0.4 is 11.1 Å². The summed E-state index contributed by atoms with van der Waals surface area (Å²) in [5.41, 5.74) is 3.48. The van der Waals surface area contributed by atoms with Crippen molar-refractivity contribution in [2.24, 2.45) is 5.16 Å². The molecule has 21 heteroatoms. The van der Waals surface area contributed by atoms with Crippen molar-refractivity contribution in [3.05, 3.63) is 46.2 Å². The summed E-state index contributed by atoms with van der Waals surface area (Å²) in [7, 11) is 0. The van der Waals surface area contributed by atoms with Crippen LogP contribution in [-0.4, -0.2) is 104 Å². The second-order valence-electron chi connectivity index (χ2n) is 10.5. The number of aromatic carboxylic acids is 1. The largest absolute Gasteiger partial charge is 0.504 e. The standard InChI is InChI=1S/C27H24N6O11S4/c1-27(2,24(42)43)44-32-14(11-8-46-25(28)29-11)19(36)30-16-20(37)33-17(23(40)41)10(6-45-21(16)33)7-47-26-31-15(22(38)39)18(48-26)9-3-4-12(34)13(35)5-9/h3-5,8,16,21,34-35H,6-7H2,1-2H3,(H2,28,29)(H,30,36)(H,38,39)(H,40,41)(H,42,43)/t16-,21-/m1/s1. The van der Waals surface area contributed by atoms with Gasteiger partial charge >= 0.3 is 17.9 Å². The summed E-state index contributed by atoms with van der Waals surface area (Å²) in [5, 5.41) is 55.5. The summed E-state index contributed by atoms with van der Waals surface area (Å²) in [6.45, 7) is 2.43. The Labute approximate surface area is 286 Å². The van der Waals surface area contributed by atoms with Gasteiger partial charge in [0.25, 0.3) is 11.8 Å². The number of hydrogen-bond donors (Lipinski definition) is 7. The van der Waals surface area contributed by atoms with Gasteiger partial charge in [0.2, 0.25) is 5.60 Å². The number of oxime groups is 1. The van der Waals surface area contributed by atoms with E-state index in [4.69, 9.17) is 10.6 Å². The number of carboxylic acids is 3. The third-order valence-electron chi connectivity index (χ3n) is 6.81. The van der Waals surface area contributed by atoms with E-state index >= 15 is 0 Å². The van der Waals surface area contributed by atoms with Crippen molar-refractivity contribution in [2.75, 3.05) is 17.2 Å². The Morgan fingerprint density at radius 3 is 2.48 bits per heavy atom. The molecular weight excluding hydrogens is 713 g/mol. The van der Waals surface area contributed by atoms with E-state index < -0.39 is 58.2 Å². The number of nitrogens with one attached hydrogen (secondary N) is 1. The van der Waals surface area contributed by atoms with Gasteiger partial charge in [0.05, 0.1) is 4.88 Å². The first-order valence-electron chi connectivity index (χ1n) is 13.4. The van der Waals surface area contributed by atoms with Gasteiger partial charge in [0, 0.05) is 16.9 Å². The smallest absolute Gasteiger partial charge is 0.356 e. The Kier molecular flexibility index (Phi) is 9.58. The summed E-state index contributed by atoms with van der Waals surface area (Å²) in [4.78, 5) is 76.8. The molecule has 4 heterocycles. The molecule has 2 aromatic heterocycles. The number of phenolic OH excluding ortho intramolecular Hbond substituents is 2. The number of nitrogens with two attached hydrogens (primary N) is 1. The predicted octanol–water partition coefficient (Wildman–Crippen LogP) is 2.07. The first kappa shape index (κ1) is 34.5. The van der Waals surface area contributed by atoms with Gasteiger partial charge in [-0.15, -0.1) is 34.4 Å². The van der Waals surface area contributed by atoms with Gasteiger partial charge < -0.3 is 41.4 Å². The maximum Gasteiger partial charge on any atom is 0.356 e. The van der Waals surface area contributed by atoms with E-state index in [1.807, 2.05) is 0 Å². The van der Waals surface area contributed by atoms with Crippen molar-refractivity contribution in [2.45, 2.75) is 35.2 Å². The summed E-state index contributed by atoms with van der Waals surface area (Å²) in [6.07, 6.45) is 0. The molecule has 0 radical (unpaired) electrons. The molecule has 17 nitrogen and oxygen atoms in total. The van der Waals surface area contributed by atoms with Crippen molar-refractivity contribution < 1.29 is 54.3 Å². The molecule has 2 aliphatic rings. The number of carbonyl (C=O) groups is 5. The zero-order valence-electron chi connectivity index (χ0n) is 24.6. The predicted molar refractivity (Wildman–Crippen MR) is 174 cm³/mol. The molecule has 0 unspecified atom stereocenters. The van der Waals surface area contributed by atoms with Crippen molar-refractivity contribution in [3.8, 4) is 21.9 Å². The van der Waals surface area contributed by atoms with Crippen LogP contribution in [0.3, 0.4) is 0 Å². The highest BCUT2D eigenvalue weighted by atomic mass is 32.2. The minimum absolute atomic E-state index is 0.0276. The number of thiazole rings is 2. The van der Waals surface area contributed by atoms with E-state index in [-0.39, 0.29) is 48.7 Å². The number of fused-ring (bicyclic) bond motifs is 1. The van der Waals surface area contributed by atoms with Gasteiger partial charge in [-0.05, 0) is 43.2 Å². The highest BCUT2D eigenvalue weighted by molar-refractivity contribution is 8.02. The lowest BCUT2D eigenvalue weighted by atomic mass is 10.0. The Balaban J connectivity index is 1.33. The monoisotopic (exact) mass is 736 g/mol. The average Bonchev–Trinajstić information content (AvgIpc) is 3.66. The molecule has 2 atom stereocenters. The lowest BCUT2D eigenvalue weighted by Crippen LogP contribution is -2.71. The van der Waals surface area contributed by atoms with E-state index in [2.05, 4.69) is 20.4 Å². The topological polar surface area (TPSA) is 275 Å². The zero-order valence-corrected chi connectivity index (χ0v) is 27.8. The summed E-state index contributed by atoms with van der Waals surface area (Å²) in [5.74, 6) is -6.38. The molecule has 48 heavy (non-hydrogen) atoms. The Bertz CT molecular complexity index is 1920. The van der Waals surface area contributed by atoms with E-state index in [0.717, 1.165) is 39.3 Å². The van der Waals surface area contributed by atoms with Gasteiger partial charge in [-0.3, -0.25) is 14.5 Å². The number of nitrogens with zero attached hydrogens (tertiary/aromatic N) is 4. The van der Waals surface area contributed by atoms with E-state index in [0.29, 0.717) is 11.1 Å². The van der Waals surface area contributed by atoms with Crippen LogP contribution in [0.15, 0.2) is 44.3 Å². The van der Waals surface area contributed by atoms with Crippen molar-refractivity contribution in [1.29, 1.82) is 0 Å². The first-order chi connectivity index (χ1) is 22.6. The Morgan fingerprint density at radius 2 is 1.88 bits per heavy atom. The first-order valence-corrected chi connectivity index (χ1v) is 17.1. The second-order valence-corrected chi connectivity index (χ2v) is 14.7. The van der Waals surface area contributed by atoms with Crippen LogP contribution >= 0.6 is 46.2 Å². The number of phenols is 2. The Morgan fingerprint density at radius 1 is 1.15 bits per heavy atom. The number of amides is 2. The molecule has 0 bridgehead atoms. The number of benzene rings is 1. The minimum atomic E-state index is -1.81. The van der Waals surface area contributed by atoms with Gasteiger partial charge in [0.15, 0.2) is 32.4 Å². The maximum absolute atomic E-state index is 13.3. The third kappa shape index (κ3) is 6.74. The highest BCUT2D eigenvalue weighted by Gasteiger charge is 2.54. The molecule has 1 aromatic carbocycles. The van der Waals surface area contributed by atoms with Crippen molar-refractivity contribution in [1.82, 2.24) is 20.2 Å². The summed E-state index contributed by atoms with van der Waals surface area (Å²) in [6, 6.07) is 2.66. The summed E-state index contributed by atoms with van der Waals surface area (Å²) >= 11 is 4.23. The van der Waals surface area contributed by atoms with Gasteiger partial charge in [-0.1, -0.05) is 16.9 Å². The highest BCUT2D eigenvalue weighted by Crippen LogP contribution is 2.43. The normalized spacial score (nSPS) is 17.8. The number of carbonyl (C=O) groups excluding carboxylic acids is 2. The van der Waals surface area contributed by atoms with Crippen LogP contribution in [-0.2, 0) is 24.0 Å². The number of hydrogen-bond acceptors (Lipinski definition) is 16. The van der Waals surface area contributed by atoms with Crippen LogP contribution in [0.25, 0.3) is 10.4 Å². The fraction of sp³-hybridized carbons (Fsp3) is 0.259. The molecule has 0 spiro atoms. The van der Waals surface area contributed by atoms with E-state index in [1.54, 1.807) is 0 Å². The number of rotatable bonds is 12. The molecule has 2 aliphatic heterocycles. The number of aromatic nitrogens is 2. The quantitative estimate of drug-likeness (QED) is 0.0461. The lowest BCUT2D eigenvalue weighted by molar-refractivity contribution is -0.161. The van der Waals surface area contributed by atoms with Crippen LogP contribution in [0.2, 0.25) is 0 Å². The molecule has 0 saturated carbocycles. The van der Waals surface area contributed by atoms with Crippen LogP contribution in [0.5, 0.6) is 11.5 Å². The van der Waals surface area contributed by atoms with Crippen LogP contribution in [0.4, 0.5) is 5.13 Å². The number of aromatic hydroxyl groups is 2. The molecule has 8 N–H and O–H groups in total. The maximum atomic E-state index is 13.3. The number of anilines is 1. The molecule has 0 aliphatic carbocycles. The van der Waals surface area contributed by atoms with Crippen LogP contribution in [0, 0.1) is 0 Å². The molecule has 3 aromatic rings. The number of aliphatic carboxylic acids is 2. The molecular formula is C27H24N6O11S4. The zero-order chi connectivity index (χ0) is 35.1. The fourth-order valence-corrected chi connectivity index (χ4v) is 8.48. The molecule has 2 amide bonds. The molecule has 252 valence electrons. The number of β-lactam (4-membered cyclic amide) rings is 1. The van der Waals surface area contributed by atoms with E-state index in [9.17, 15) is 49.5 Å². The fourth-order valence-electron chi connectivity index (χ4n) is 4.32. The summed E-state index contributed by atoms with van der Waals surface area (Å²) < 4.78 is 0.280. The molecule has 5 rings (SSSR count). The molecule has 1 saturated heterocycles. The lowest BCUT2D eigenvalue weighted by Gasteiger charge is -2.49. The average molecular weight is 737 g/mol.